The molecule has 0 atom stereocenters. The molecule has 0 aliphatic heterocycles. The van der Waals surface area contributed by atoms with Gasteiger partial charge >= 0.3 is 6.18 Å². The molecule has 0 fully saturated rings. The summed E-state index contributed by atoms with van der Waals surface area (Å²) >= 11 is 3.41. The van der Waals surface area contributed by atoms with Crippen LogP contribution in [0, 0.1) is 6.07 Å². The third kappa shape index (κ3) is 5.18. The number of aromatic nitrogens is 2. The fraction of sp³-hybridized carbons (Fsp3) is 0.0357. The van der Waals surface area contributed by atoms with E-state index in [4.69, 9.17) is 0 Å². The monoisotopic (exact) mass is 710 g/mol. The van der Waals surface area contributed by atoms with Gasteiger partial charge in [0.1, 0.15) is 0 Å². The Hall–Kier alpha value is -2.99. The predicted molar refractivity (Wildman–Crippen MR) is 131 cm³/mol. The summed E-state index contributed by atoms with van der Waals surface area (Å²) in [7, 11) is 0. The zero-order valence-corrected chi connectivity index (χ0v) is 22.0. The molecule has 0 bridgehead atoms. The van der Waals surface area contributed by atoms with Crippen molar-refractivity contribution in [2.24, 2.45) is 0 Å². The number of hydrogen-bond donors (Lipinski definition) is 0. The van der Waals surface area contributed by atoms with Crippen molar-refractivity contribution in [2.75, 3.05) is 0 Å². The number of nitrogens with zero attached hydrogens (tertiary/aromatic N) is 2. The number of alkyl halides is 3. The first-order valence-electron chi connectivity index (χ1n) is 10.5. The van der Waals surface area contributed by atoms with Gasteiger partial charge in [0.15, 0.2) is 5.69 Å². The summed E-state index contributed by atoms with van der Waals surface area (Å²) in [5.74, 6) is 0.161. The normalized spacial score (nSPS) is 11.2. The standard InChI is InChI=1S/C28H17BrF3N2.Ir/c29-22-14-7-13-21(17-22)27-33-25(28(30,31)32)18-34(27)26-23(19-9-3-1-4-10-19)15-8-16-24(26)20-11-5-2-6-12-20;/h1-12,14-18H;/q-1;. The molecule has 2 nitrogen and oxygen atoms in total. The molecular weight excluding hydrogens is 693 g/mol. The molecule has 0 unspecified atom stereocenters. The summed E-state index contributed by atoms with van der Waals surface area (Å²) in [6, 6.07) is 33.2. The van der Waals surface area contributed by atoms with E-state index in [1.54, 1.807) is 18.2 Å². The van der Waals surface area contributed by atoms with Crippen LogP contribution >= 0.6 is 15.9 Å². The van der Waals surface area contributed by atoms with Crippen LogP contribution in [0.3, 0.4) is 0 Å². The smallest absolute Gasteiger partial charge is 0.338 e. The number of rotatable bonds is 4. The second kappa shape index (κ2) is 10.3. The van der Waals surface area contributed by atoms with Crippen LogP contribution in [0.5, 0.6) is 0 Å². The van der Waals surface area contributed by atoms with Crippen LogP contribution in [-0.4, -0.2) is 9.55 Å². The van der Waals surface area contributed by atoms with E-state index in [0.717, 1.165) is 32.9 Å². The minimum absolute atomic E-state index is 0. The van der Waals surface area contributed by atoms with Gasteiger partial charge in [0.25, 0.3) is 0 Å². The topological polar surface area (TPSA) is 17.8 Å². The van der Waals surface area contributed by atoms with E-state index in [0.29, 0.717) is 11.3 Å². The van der Waals surface area contributed by atoms with Crippen LogP contribution in [0.25, 0.3) is 39.3 Å². The quantitative estimate of drug-likeness (QED) is 0.171. The summed E-state index contributed by atoms with van der Waals surface area (Å²) in [6.07, 6.45) is -3.53. The first kappa shape index (κ1) is 25.1. The maximum atomic E-state index is 13.8. The molecule has 7 heteroatoms. The number of halogens is 4. The predicted octanol–water partition coefficient (Wildman–Crippen LogP) is 8.45. The van der Waals surface area contributed by atoms with E-state index < -0.39 is 11.9 Å². The Morgan fingerprint density at radius 2 is 1.34 bits per heavy atom. The van der Waals surface area contributed by atoms with Crippen LogP contribution in [0.1, 0.15) is 5.69 Å². The molecule has 5 rings (SSSR count). The van der Waals surface area contributed by atoms with Crippen LogP contribution in [-0.2, 0) is 26.3 Å². The van der Waals surface area contributed by atoms with Gasteiger partial charge in [-0.1, -0.05) is 99.3 Å². The maximum absolute atomic E-state index is 13.8. The molecule has 1 radical (unpaired) electrons. The summed E-state index contributed by atoms with van der Waals surface area (Å²) in [4.78, 5) is 4.02. The largest absolute Gasteiger partial charge is 0.433 e. The molecule has 0 saturated heterocycles. The van der Waals surface area contributed by atoms with Gasteiger partial charge in [-0.25, -0.2) is 0 Å². The van der Waals surface area contributed by atoms with Crippen LogP contribution in [0.4, 0.5) is 13.2 Å². The van der Waals surface area contributed by atoms with Crippen molar-refractivity contribution < 1.29 is 33.3 Å². The Morgan fingerprint density at radius 3 is 1.86 bits per heavy atom. The average Bonchev–Trinajstić information content (AvgIpc) is 3.31. The van der Waals surface area contributed by atoms with Crippen molar-refractivity contribution in [1.82, 2.24) is 9.55 Å². The molecule has 0 spiro atoms. The minimum atomic E-state index is -4.60. The van der Waals surface area contributed by atoms with Crippen molar-refractivity contribution in [1.29, 1.82) is 0 Å². The molecule has 177 valence electrons. The third-order valence-electron chi connectivity index (χ3n) is 5.45. The molecule has 0 saturated carbocycles. The van der Waals surface area contributed by atoms with E-state index in [-0.39, 0.29) is 25.9 Å². The molecule has 5 aromatic rings. The molecule has 0 aliphatic carbocycles. The van der Waals surface area contributed by atoms with E-state index >= 15 is 0 Å². The molecule has 1 heterocycles. The number of benzene rings is 4. The first-order chi connectivity index (χ1) is 16.4. The number of imidazole rings is 1. The van der Waals surface area contributed by atoms with Gasteiger partial charge in [-0.3, -0.25) is 4.98 Å². The summed E-state index contributed by atoms with van der Waals surface area (Å²) in [5.41, 5.74) is 3.48. The van der Waals surface area contributed by atoms with Crippen molar-refractivity contribution in [3.63, 3.8) is 0 Å². The molecule has 0 amide bonds. The fourth-order valence-electron chi connectivity index (χ4n) is 3.95. The van der Waals surface area contributed by atoms with E-state index in [1.165, 1.54) is 4.57 Å². The summed E-state index contributed by atoms with van der Waals surface area (Å²) < 4.78 is 43.8. The van der Waals surface area contributed by atoms with Crippen molar-refractivity contribution in [3.8, 4) is 39.3 Å². The van der Waals surface area contributed by atoms with Crippen molar-refractivity contribution >= 4 is 15.9 Å². The second-order valence-corrected chi connectivity index (χ2v) is 8.59. The second-order valence-electron chi connectivity index (χ2n) is 7.67. The van der Waals surface area contributed by atoms with Gasteiger partial charge in [-0.2, -0.15) is 13.2 Å². The van der Waals surface area contributed by atoms with Crippen LogP contribution in [0.2, 0.25) is 0 Å². The Kier molecular flexibility index (Phi) is 7.41. The third-order valence-corrected chi connectivity index (χ3v) is 5.94. The molecule has 0 N–H and O–H groups in total. The van der Waals surface area contributed by atoms with Gasteiger partial charge in [0.2, 0.25) is 0 Å². The van der Waals surface area contributed by atoms with Gasteiger partial charge in [0, 0.05) is 37.4 Å². The van der Waals surface area contributed by atoms with Crippen molar-refractivity contribution in [2.45, 2.75) is 6.18 Å². The van der Waals surface area contributed by atoms with Crippen LogP contribution < -0.4 is 0 Å². The molecule has 0 aliphatic rings. The molecule has 4 aromatic carbocycles. The minimum Gasteiger partial charge on any atom is -0.338 e. The Balaban J connectivity index is 0.00000289. The van der Waals surface area contributed by atoms with Crippen molar-refractivity contribution in [3.05, 3.63) is 119 Å². The van der Waals surface area contributed by atoms with Gasteiger partial charge < -0.3 is 4.57 Å². The molecule has 1 aromatic heterocycles. The first-order valence-corrected chi connectivity index (χ1v) is 11.3. The van der Waals surface area contributed by atoms with E-state index in [9.17, 15) is 13.2 Å². The zero-order chi connectivity index (χ0) is 23.7. The van der Waals surface area contributed by atoms with E-state index in [1.807, 2.05) is 78.9 Å². The summed E-state index contributed by atoms with van der Waals surface area (Å²) in [6.45, 7) is 0. The Morgan fingerprint density at radius 1 is 0.771 bits per heavy atom. The molecule has 35 heavy (non-hydrogen) atoms. The number of hydrogen-bond acceptors (Lipinski definition) is 1. The van der Waals surface area contributed by atoms with E-state index in [2.05, 4.69) is 27.0 Å². The average molecular weight is 711 g/mol. The zero-order valence-electron chi connectivity index (χ0n) is 18.1. The van der Waals surface area contributed by atoms with Gasteiger partial charge in [-0.15, -0.1) is 29.8 Å². The summed E-state index contributed by atoms with van der Waals surface area (Å²) in [5, 5.41) is 0. The number of para-hydroxylation sites is 1. The maximum Gasteiger partial charge on any atom is 0.433 e. The Labute approximate surface area is 223 Å². The Bertz CT molecular complexity index is 1390. The fourth-order valence-corrected chi connectivity index (χ4v) is 4.31. The van der Waals surface area contributed by atoms with Crippen LogP contribution in [0.15, 0.2) is 108 Å². The molecular formula is C28H17BrF3IrN2-. The van der Waals surface area contributed by atoms with Gasteiger partial charge in [0.05, 0.1) is 11.5 Å². The SMILES string of the molecule is FC(F)(F)c1cn(-c2c(-c3ccccc3)cccc2-c2ccccc2)c(-c2[c-]ccc(Br)c2)n1.[Ir]. The van der Waals surface area contributed by atoms with Gasteiger partial charge in [-0.05, 0) is 11.1 Å².